The van der Waals surface area contributed by atoms with E-state index in [2.05, 4.69) is 10.4 Å². The Morgan fingerprint density at radius 1 is 1.16 bits per heavy atom. The minimum atomic E-state index is -3.92. The number of aryl methyl sites for hydroxylation is 1. The Labute approximate surface area is 227 Å². The molecule has 1 N–H and O–H groups in total. The molecule has 2 amide bonds. The number of fused-ring (bicyclic) bond motifs is 2. The molecule has 200 valence electrons. The Hall–Kier alpha value is -3.37. The molecule has 3 heterocycles. The van der Waals surface area contributed by atoms with Gasteiger partial charge in [0.2, 0.25) is 5.91 Å². The molecule has 1 aromatic heterocycles. The summed E-state index contributed by atoms with van der Waals surface area (Å²) in [6, 6.07) is 12.1. The fraction of sp³-hybridized carbons (Fsp3) is 0.370. The zero-order chi connectivity index (χ0) is 27.2. The van der Waals surface area contributed by atoms with Crippen molar-refractivity contribution in [2.75, 3.05) is 17.4 Å². The van der Waals surface area contributed by atoms with Crippen LogP contribution >= 0.6 is 11.6 Å². The Morgan fingerprint density at radius 2 is 1.87 bits per heavy atom. The van der Waals surface area contributed by atoms with Gasteiger partial charge in [-0.05, 0) is 55.2 Å². The van der Waals surface area contributed by atoms with Gasteiger partial charge in [-0.2, -0.15) is 5.10 Å². The third-order valence-electron chi connectivity index (χ3n) is 7.92. The van der Waals surface area contributed by atoms with Crippen molar-refractivity contribution in [2.24, 2.45) is 7.05 Å². The fourth-order valence-electron chi connectivity index (χ4n) is 5.74. The van der Waals surface area contributed by atoms with Crippen molar-refractivity contribution < 1.29 is 18.0 Å². The van der Waals surface area contributed by atoms with Crippen molar-refractivity contribution >= 4 is 39.1 Å². The molecule has 2 aliphatic rings. The molecule has 1 spiro atoms. The minimum Gasteiger partial charge on any atom is -0.348 e. The van der Waals surface area contributed by atoms with Gasteiger partial charge in [0.1, 0.15) is 4.90 Å². The molecule has 0 radical (unpaired) electrons. The fourth-order valence-corrected chi connectivity index (χ4v) is 7.67. The zero-order valence-electron chi connectivity index (χ0n) is 21.5. The first kappa shape index (κ1) is 26.2. The Morgan fingerprint density at radius 3 is 2.50 bits per heavy atom. The third-order valence-corrected chi connectivity index (χ3v) is 10.1. The number of benzene rings is 2. The van der Waals surface area contributed by atoms with Crippen molar-refractivity contribution in [1.29, 1.82) is 0 Å². The molecule has 2 aromatic carbocycles. The average Bonchev–Trinajstić information content (AvgIpc) is 3.44. The molecule has 0 aliphatic carbocycles. The van der Waals surface area contributed by atoms with Crippen LogP contribution in [0.5, 0.6) is 0 Å². The number of aromatic nitrogens is 2. The van der Waals surface area contributed by atoms with E-state index in [1.807, 2.05) is 31.2 Å². The predicted octanol–water partition coefficient (Wildman–Crippen LogP) is 3.48. The number of hydrogen-bond acceptors (Lipinski definition) is 5. The second-order valence-electron chi connectivity index (χ2n) is 9.99. The van der Waals surface area contributed by atoms with Gasteiger partial charge >= 0.3 is 0 Å². The lowest BCUT2D eigenvalue weighted by molar-refractivity contribution is -0.130. The SMILES string of the molecule is CC(=O)N1CCC2(CC1)c1cc(C(=O)NCc3ccccc3Cl)ccc1N(S(=O)(=O)c1cnn(C)c1)C2C. The smallest absolute Gasteiger partial charge is 0.267 e. The largest absolute Gasteiger partial charge is 0.348 e. The van der Waals surface area contributed by atoms with Gasteiger partial charge in [-0.1, -0.05) is 29.8 Å². The minimum absolute atomic E-state index is 0.00161. The van der Waals surface area contributed by atoms with Gasteiger partial charge in [-0.15, -0.1) is 0 Å². The molecule has 9 nitrogen and oxygen atoms in total. The van der Waals surface area contributed by atoms with E-state index in [1.54, 1.807) is 37.1 Å². The molecule has 1 atom stereocenters. The summed E-state index contributed by atoms with van der Waals surface area (Å²) in [5.74, 6) is -0.275. The van der Waals surface area contributed by atoms with Gasteiger partial charge < -0.3 is 10.2 Å². The average molecular weight is 556 g/mol. The van der Waals surface area contributed by atoms with Gasteiger partial charge in [0, 0.05) is 55.8 Å². The molecule has 1 saturated heterocycles. The first-order valence-electron chi connectivity index (χ1n) is 12.5. The molecule has 0 bridgehead atoms. The Bertz CT molecular complexity index is 1510. The molecule has 5 rings (SSSR count). The molecule has 11 heteroatoms. The third kappa shape index (κ3) is 4.35. The van der Waals surface area contributed by atoms with Crippen LogP contribution in [0.25, 0.3) is 0 Å². The van der Waals surface area contributed by atoms with E-state index in [1.165, 1.54) is 21.4 Å². The first-order chi connectivity index (χ1) is 18.0. The van der Waals surface area contributed by atoms with Crippen LogP contribution in [-0.4, -0.2) is 54.0 Å². The number of piperidine rings is 1. The highest BCUT2D eigenvalue weighted by Crippen LogP contribution is 2.53. The molecule has 3 aromatic rings. The van der Waals surface area contributed by atoms with E-state index in [0.29, 0.717) is 42.2 Å². The molecule has 0 saturated carbocycles. The number of carbonyl (C=O) groups is 2. The van der Waals surface area contributed by atoms with Crippen LogP contribution < -0.4 is 9.62 Å². The normalized spacial score (nSPS) is 18.5. The zero-order valence-corrected chi connectivity index (χ0v) is 23.1. The number of nitrogens with one attached hydrogen (secondary N) is 1. The molecule has 2 aliphatic heterocycles. The van der Waals surface area contributed by atoms with Crippen LogP contribution in [0, 0.1) is 0 Å². The summed E-state index contributed by atoms with van der Waals surface area (Å²) in [5, 5.41) is 7.56. The summed E-state index contributed by atoms with van der Waals surface area (Å²) in [6.45, 7) is 4.76. The maximum Gasteiger partial charge on any atom is 0.267 e. The highest BCUT2D eigenvalue weighted by atomic mass is 35.5. The van der Waals surface area contributed by atoms with Crippen molar-refractivity contribution in [1.82, 2.24) is 20.0 Å². The lowest BCUT2D eigenvalue weighted by Crippen LogP contribution is -2.52. The standard InChI is InChI=1S/C27H30ClN5O4S/c1-18-27(10-12-32(13-11-27)19(2)34)23-14-20(26(35)29-15-21-6-4-5-7-24(21)28)8-9-25(23)33(18)38(36,37)22-16-30-31(3)17-22/h4-9,14,16-18H,10-13,15H2,1-3H3,(H,29,35). The van der Waals surface area contributed by atoms with Gasteiger partial charge in [0.05, 0.1) is 17.9 Å². The summed E-state index contributed by atoms with van der Waals surface area (Å²) in [7, 11) is -2.24. The molecular weight excluding hydrogens is 526 g/mol. The van der Waals surface area contributed by atoms with Crippen LogP contribution in [0.15, 0.2) is 59.8 Å². The Balaban J connectivity index is 1.53. The highest BCUT2D eigenvalue weighted by Gasteiger charge is 2.54. The second kappa shape index (κ2) is 9.74. The molecular formula is C27H30ClN5O4S. The lowest BCUT2D eigenvalue weighted by atomic mass is 9.70. The Kier molecular flexibility index (Phi) is 6.73. The van der Waals surface area contributed by atoms with E-state index in [-0.39, 0.29) is 23.3 Å². The summed E-state index contributed by atoms with van der Waals surface area (Å²) >= 11 is 6.24. The predicted molar refractivity (Wildman–Crippen MR) is 145 cm³/mol. The highest BCUT2D eigenvalue weighted by molar-refractivity contribution is 7.92. The van der Waals surface area contributed by atoms with Crippen LogP contribution in [0.4, 0.5) is 5.69 Å². The van der Waals surface area contributed by atoms with Crippen LogP contribution in [0.3, 0.4) is 0 Å². The number of likely N-dealkylation sites (tertiary alicyclic amines) is 1. The number of hydrogen-bond donors (Lipinski definition) is 1. The first-order valence-corrected chi connectivity index (χ1v) is 14.3. The number of sulfonamides is 1. The van der Waals surface area contributed by atoms with Crippen molar-refractivity contribution in [3.05, 3.63) is 76.6 Å². The molecule has 1 fully saturated rings. The number of rotatable bonds is 5. The van der Waals surface area contributed by atoms with Gasteiger partial charge in [0.15, 0.2) is 0 Å². The number of anilines is 1. The lowest BCUT2D eigenvalue weighted by Gasteiger charge is -2.43. The van der Waals surface area contributed by atoms with E-state index in [0.717, 1.165) is 11.1 Å². The van der Waals surface area contributed by atoms with Crippen LogP contribution in [0.1, 0.15) is 48.2 Å². The number of carbonyl (C=O) groups excluding carboxylic acids is 2. The van der Waals surface area contributed by atoms with Gasteiger partial charge in [-0.25, -0.2) is 8.42 Å². The van der Waals surface area contributed by atoms with E-state index in [9.17, 15) is 18.0 Å². The van der Waals surface area contributed by atoms with Gasteiger partial charge in [0.25, 0.3) is 15.9 Å². The topological polar surface area (TPSA) is 105 Å². The maximum atomic E-state index is 13.8. The van der Waals surface area contributed by atoms with E-state index < -0.39 is 21.5 Å². The number of halogens is 1. The monoisotopic (exact) mass is 555 g/mol. The van der Waals surface area contributed by atoms with E-state index in [4.69, 9.17) is 11.6 Å². The van der Waals surface area contributed by atoms with Crippen molar-refractivity contribution in [3.63, 3.8) is 0 Å². The van der Waals surface area contributed by atoms with Crippen LogP contribution in [-0.2, 0) is 33.8 Å². The molecule has 38 heavy (non-hydrogen) atoms. The summed E-state index contributed by atoms with van der Waals surface area (Å²) in [4.78, 5) is 27.1. The molecule has 1 unspecified atom stereocenters. The summed E-state index contributed by atoms with van der Waals surface area (Å²) in [6.07, 6.45) is 4.01. The summed E-state index contributed by atoms with van der Waals surface area (Å²) in [5.41, 5.74) is 2.07. The maximum absolute atomic E-state index is 13.8. The number of nitrogens with zero attached hydrogens (tertiary/aromatic N) is 4. The van der Waals surface area contributed by atoms with Crippen molar-refractivity contribution in [3.8, 4) is 0 Å². The second-order valence-corrected chi connectivity index (χ2v) is 12.2. The van der Waals surface area contributed by atoms with Crippen molar-refractivity contribution in [2.45, 2.75) is 49.6 Å². The number of amides is 2. The van der Waals surface area contributed by atoms with Gasteiger partial charge in [-0.3, -0.25) is 18.6 Å². The van der Waals surface area contributed by atoms with E-state index >= 15 is 0 Å². The summed E-state index contributed by atoms with van der Waals surface area (Å²) < 4.78 is 30.6. The van der Waals surface area contributed by atoms with Crippen LogP contribution in [0.2, 0.25) is 5.02 Å². The quantitative estimate of drug-likeness (QED) is 0.519.